The van der Waals surface area contributed by atoms with E-state index in [1.807, 2.05) is 0 Å². The van der Waals surface area contributed by atoms with E-state index >= 15 is 0 Å². The zero-order valence-electron chi connectivity index (χ0n) is 10.9. The summed E-state index contributed by atoms with van der Waals surface area (Å²) in [6.45, 7) is 7.23. The fourth-order valence-corrected chi connectivity index (χ4v) is 2.54. The molecule has 3 heteroatoms. The minimum absolute atomic E-state index is 0.0568. The third kappa shape index (κ3) is 4.52. The Morgan fingerprint density at radius 3 is 2.50 bits per heavy atom. The third-order valence-corrected chi connectivity index (χ3v) is 3.44. The molecule has 2 N–H and O–H groups in total. The Morgan fingerprint density at radius 1 is 1.31 bits per heavy atom. The monoisotopic (exact) mass is 226 g/mol. The van der Waals surface area contributed by atoms with Crippen LogP contribution < -0.4 is 10.6 Å². The zero-order valence-corrected chi connectivity index (χ0v) is 10.9. The summed E-state index contributed by atoms with van der Waals surface area (Å²) in [5.74, 6) is 0.192. The molecule has 0 radical (unpaired) electrons. The second-order valence-electron chi connectivity index (χ2n) is 5.33. The summed E-state index contributed by atoms with van der Waals surface area (Å²) < 4.78 is 0. The van der Waals surface area contributed by atoms with E-state index in [4.69, 9.17) is 0 Å². The molecule has 1 unspecified atom stereocenters. The van der Waals surface area contributed by atoms with E-state index in [1.54, 1.807) is 0 Å². The van der Waals surface area contributed by atoms with Crippen molar-refractivity contribution in [1.29, 1.82) is 0 Å². The number of carbonyl (C=O) groups excluding carboxylic acids is 1. The molecule has 1 aliphatic carbocycles. The van der Waals surface area contributed by atoms with Gasteiger partial charge in [-0.25, -0.2) is 0 Å². The van der Waals surface area contributed by atoms with Gasteiger partial charge in [-0.3, -0.25) is 4.79 Å². The number of carbonyl (C=O) groups is 1. The molecule has 0 aromatic heterocycles. The van der Waals surface area contributed by atoms with E-state index in [2.05, 4.69) is 31.4 Å². The van der Waals surface area contributed by atoms with Crippen LogP contribution in [0.4, 0.5) is 0 Å². The highest BCUT2D eigenvalue weighted by atomic mass is 16.1. The van der Waals surface area contributed by atoms with Gasteiger partial charge < -0.3 is 10.6 Å². The molecule has 16 heavy (non-hydrogen) atoms. The number of amides is 1. The summed E-state index contributed by atoms with van der Waals surface area (Å²) >= 11 is 0. The Hall–Kier alpha value is -0.570. The van der Waals surface area contributed by atoms with Crippen LogP contribution in [0, 0.1) is 0 Å². The summed E-state index contributed by atoms with van der Waals surface area (Å²) in [5, 5.41) is 6.47. The molecule has 1 atom stereocenters. The number of hydrogen-bond acceptors (Lipinski definition) is 2. The van der Waals surface area contributed by atoms with Crippen LogP contribution >= 0.6 is 0 Å². The highest BCUT2D eigenvalue weighted by molar-refractivity contribution is 5.77. The molecular formula is C13H26N2O. The fraction of sp³-hybridized carbons (Fsp3) is 0.923. The van der Waals surface area contributed by atoms with E-state index in [0.717, 1.165) is 19.4 Å². The van der Waals surface area contributed by atoms with E-state index < -0.39 is 0 Å². The summed E-state index contributed by atoms with van der Waals surface area (Å²) in [5.41, 5.74) is 0.0568. The lowest BCUT2D eigenvalue weighted by atomic mass is 9.83. The van der Waals surface area contributed by atoms with Gasteiger partial charge in [0, 0.05) is 18.0 Å². The summed E-state index contributed by atoms with van der Waals surface area (Å²) in [4.78, 5) is 11.9. The van der Waals surface area contributed by atoms with Crippen LogP contribution in [0.3, 0.4) is 0 Å². The van der Waals surface area contributed by atoms with E-state index in [9.17, 15) is 4.79 Å². The van der Waals surface area contributed by atoms with Crippen molar-refractivity contribution in [2.45, 2.75) is 70.9 Å². The van der Waals surface area contributed by atoms with Gasteiger partial charge in [-0.2, -0.15) is 0 Å². The SMILES string of the molecule is CCNC(C)CC(=O)NC1(C)CCCCC1. The van der Waals surface area contributed by atoms with Gasteiger partial charge >= 0.3 is 0 Å². The van der Waals surface area contributed by atoms with E-state index in [-0.39, 0.29) is 17.5 Å². The van der Waals surface area contributed by atoms with Crippen molar-refractivity contribution in [1.82, 2.24) is 10.6 Å². The molecule has 1 rings (SSSR count). The van der Waals surface area contributed by atoms with Gasteiger partial charge in [0.1, 0.15) is 0 Å². The second-order valence-corrected chi connectivity index (χ2v) is 5.33. The molecule has 0 spiro atoms. The molecule has 0 aliphatic heterocycles. The second kappa shape index (κ2) is 6.24. The molecule has 1 saturated carbocycles. The molecule has 1 aliphatic rings. The molecule has 0 bridgehead atoms. The molecule has 1 amide bonds. The quantitative estimate of drug-likeness (QED) is 0.754. The van der Waals surface area contributed by atoms with Gasteiger partial charge in [-0.05, 0) is 33.2 Å². The van der Waals surface area contributed by atoms with Crippen LogP contribution in [-0.2, 0) is 4.79 Å². The molecule has 0 heterocycles. The number of nitrogens with one attached hydrogen (secondary N) is 2. The normalized spacial score (nSPS) is 21.4. The lowest BCUT2D eigenvalue weighted by Gasteiger charge is -2.35. The topological polar surface area (TPSA) is 41.1 Å². The molecule has 1 fully saturated rings. The van der Waals surface area contributed by atoms with Crippen molar-refractivity contribution >= 4 is 5.91 Å². The van der Waals surface area contributed by atoms with Crippen molar-refractivity contribution in [3.05, 3.63) is 0 Å². The average molecular weight is 226 g/mol. The average Bonchev–Trinajstić information content (AvgIpc) is 2.17. The predicted molar refractivity (Wildman–Crippen MR) is 67.4 cm³/mol. The minimum Gasteiger partial charge on any atom is -0.351 e. The molecular weight excluding hydrogens is 200 g/mol. The summed E-state index contributed by atoms with van der Waals surface area (Å²) in [6.07, 6.45) is 6.67. The van der Waals surface area contributed by atoms with Crippen molar-refractivity contribution in [2.24, 2.45) is 0 Å². The molecule has 0 aromatic carbocycles. The Bertz CT molecular complexity index is 222. The summed E-state index contributed by atoms with van der Waals surface area (Å²) in [6, 6.07) is 0.275. The maximum atomic E-state index is 11.9. The van der Waals surface area contributed by atoms with Crippen LogP contribution in [0.2, 0.25) is 0 Å². The van der Waals surface area contributed by atoms with E-state index in [1.165, 1.54) is 19.3 Å². The third-order valence-electron chi connectivity index (χ3n) is 3.44. The first-order valence-corrected chi connectivity index (χ1v) is 6.60. The Kier molecular flexibility index (Phi) is 5.26. The zero-order chi connectivity index (χ0) is 12.0. The smallest absolute Gasteiger partial charge is 0.221 e. The fourth-order valence-electron chi connectivity index (χ4n) is 2.54. The lowest BCUT2D eigenvalue weighted by Crippen LogP contribution is -2.48. The van der Waals surface area contributed by atoms with E-state index in [0.29, 0.717) is 6.42 Å². The van der Waals surface area contributed by atoms with Gasteiger partial charge in [0.2, 0.25) is 5.91 Å². The van der Waals surface area contributed by atoms with Crippen molar-refractivity contribution in [2.75, 3.05) is 6.54 Å². The molecule has 0 saturated heterocycles. The largest absolute Gasteiger partial charge is 0.351 e. The van der Waals surface area contributed by atoms with Crippen LogP contribution in [0.25, 0.3) is 0 Å². The first-order chi connectivity index (χ1) is 7.56. The highest BCUT2D eigenvalue weighted by Crippen LogP contribution is 2.27. The molecule has 3 nitrogen and oxygen atoms in total. The standard InChI is InChI=1S/C13H26N2O/c1-4-14-11(2)10-12(16)15-13(3)8-6-5-7-9-13/h11,14H,4-10H2,1-3H3,(H,15,16). The lowest BCUT2D eigenvalue weighted by molar-refractivity contribution is -0.123. The van der Waals surface area contributed by atoms with Crippen LogP contribution in [-0.4, -0.2) is 24.0 Å². The van der Waals surface area contributed by atoms with Crippen molar-refractivity contribution < 1.29 is 4.79 Å². The van der Waals surface area contributed by atoms with Crippen LogP contribution in [0.15, 0.2) is 0 Å². The van der Waals surface area contributed by atoms with Gasteiger partial charge in [-0.1, -0.05) is 26.2 Å². The van der Waals surface area contributed by atoms with Gasteiger partial charge in [0.25, 0.3) is 0 Å². The van der Waals surface area contributed by atoms with Gasteiger partial charge in [0.15, 0.2) is 0 Å². The van der Waals surface area contributed by atoms with Crippen LogP contribution in [0.5, 0.6) is 0 Å². The predicted octanol–water partition coefficient (Wildman–Crippen LogP) is 2.21. The number of hydrogen-bond donors (Lipinski definition) is 2. The molecule has 0 aromatic rings. The maximum Gasteiger partial charge on any atom is 0.221 e. The first-order valence-electron chi connectivity index (χ1n) is 6.60. The number of rotatable bonds is 5. The van der Waals surface area contributed by atoms with Crippen molar-refractivity contribution in [3.63, 3.8) is 0 Å². The van der Waals surface area contributed by atoms with Gasteiger partial charge in [0.05, 0.1) is 0 Å². The van der Waals surface area contributed by atoms with Crippen LogP contribution in [0.1, 0.15) is 59.3 Å². The highest BCUT2D eigenvalue weighted by Gasteiger charge is 2.28. The first kappa shape index (κ1) is 13.5. The Labute approximate surface area is 99.4 Å². The van der Waals surface area contributed by atoms with Crippen molar-refractivity contribution in [3.8, 4) is 0 Å². The molecule has 94 valence electrons. The summed E-state index contributed by atoms with van der Waals surface area (Å²) in [7, 11) is 0. The Morgan fingerprint density at radius 2 is 1.94 bits per heavy atom. The maximum absolute atomic E-state index is 11.9. The minimum atomic E-state index is 0.0568. The Balaban J connectivity index is 2.32. The van der Waals surface area contributed by atoms with Gasteiger partial charge in [-0.15, -0.1) is 0 Å².